The van der Waals surface area contributed by atoms with Crippen molar-refractivity contribution in [1.82, 2.24) is 0 Å². The molecular weight excluding hydrogens is 72.1 g/mol. The first-order valence-electron chi connectivity index (χ1n) is 2.68. The highest BCUT2D eigenvalue weighted by Crippen LogP contribution is 2.78. The van der Waals surface area contributed by atoms with E-state index in [4.69, 9.17) is 0 Å². The second-order valence-corrected chi connectivity index (χ2v) is 2.66. The van der Waals surface area contributed by atoms with Crippen LogP contribution in [0.25, 0.3) is 0 Å². The molecule has 0 aromatic carbocycles. The van der Waals surface area contributed by atoms with Gasteiger partial charge in [-0.3, -0.25) is 0 Å². The van der Waals surface area contributed by atoms with E-state index in [2.05, 4.69) is 6.08 Å². The molecule has 0 amide bonds. The molecule has 0 heterocycles. The summed E-state index contributed by atoms with van der Waals surface area (Å²) < 4.78 is 0. The van der Waals surface area contributed by atoms with Crippen molar-refractivity contribution in [3.05, 3.63) is 11.6 Å². The fourth-order valence-electron chi connectivity index (χ4n) is 1.91. The summed E-state index contributed by atoms with van der Waals surface area (Å²) in [5.41, 5.74) is 1.81. The zero-order chi connectivity index (χ0) is 3.72. The Morgan fingerprint density at radius 1 is 1.50 bits per heavy atom. The summed E-state index contributed by atoms with van der Waals surface area (Å²) in [6, 6.07) is 0. The Balaban J connectivity index is 2.42. The van der Waals surface area contributed by atoms with E-state index < -0.39 is 0 Å². The Bertz CT molecular complexity index is 132. The van der Waals surface area contributed by atoms with Gasteiger partial charge < -0.3 is 0 Å². The van der Waals surface area contributed by atoms with Crippen LogP contribution in [-0.4, -0.2) is 0 Å². The minimum Gasteiger partial charge on any atom is -0.0844 e. The van der Waals surface area contributed by atoms with Crippen molar-refractivity contribution < 1.29 is 0 Å². The van der Waals surface area contributed by atoms with E-state index in [1.54, 1.807) is 5.57 Å². The molecule has 30 valence electrons. The Labute approximate surface area is 36.9 Å². The average Bonchev–Trinajstić information content (AvgIpc) is 2.30. The predicted molar refractivity (Wildman–Crippen MR) is 23.2 cm³/mol. The van der Waals surface area contributed by atoms with Crippen LogP contribution in [0.5, 0.6) is 0 Å². The van der Waals surface area contributed by atoms with Crippen LogP contribution in [0.3, 0.4) is 0 Å². The lowest BCUT2D eigenvalue weighted by atomic mass is 10.2. The number of fused-ring (bicyclic) bond motifs is 1. The monoisotopic (exact) mass is 78.0 g/mol. The first-order valence-corrected chi connectivity index (χ1v) is 2.68. The third kappa shape index (κ3) is 0.0653. The summed E-state index contributed by atoms with van der Waals surface area (Å²) in [4.78, 5) is 0. The first-order chi connectivity index (χ1) is 2.98. The largest absolute Gasteiger partial charge is 0.0844 e. The van der Waals surface area contributed by atoms with E-state index in [1.807, 2.05) is 0 Å². The smallest absolute Gasteiger partial charge is 0.00941 e. The number of hydrogen-bond donors (Lipinski definition) is 0. The molecular formula is C6H6. The van der Waals surface area contributed by atoms with Gasteiger partial charge in [0.25, 0.3) is 0 Å². The van der Waals surface area contributed by atoms with E-state index in [-0.39, 0.29) is 0 Å². The van der Waals surface area contributed by atoms with Crippen molar-refractivity contribution in [2.75, 3.05) is 0 Å². The molecule has 0 aromatic rings. The van der Waals surface area contributed by atoms with E-state index in [1.165, 1.54) is 12.3 Å². The summed E-state index contributed by atoms with van der Waals surface area (Å²) in [5.74, 6) is 3.50. The second-order valence-electron chi connectivity index (χ2n) is 2.66. The molecule has 0 aromatic heterocycles. The highest BCUT2D eigenvalue weighted by atomic mass is 14.7. The average molecular weight is 78.1 g/mol. The number of rotatable bonds is 0. The molecule has 0 saturated heterocycles. The van der Waals surface area contributed by atoms with Gasteiger partial charge in [0.05, 0.1) is 0 Å². The van der Waals surface area contributed by atoms with Crippen LogP contribution in [0.4, 0.5) is 0 Å². The van der Waals surface area contributed by atoms with Gasteiger partial charge in [-0.05, 0) is 24.2 Å². The highest BCUT2D eigenvalue weighted by Gasteiger charge is 2.71. The third-order valence-corrected chi connectivity index (χ3v) is 2.45. The lowest BCUT2D eigenvalue weighted by Crippen LogP contribution is -1.73. The molecule has 0 heteroatoms. The van der Waals surface area contributed by atoms with Gasteiger partial charge in [0, 0.05) is 0 Å². The van der Waals surface area contributed by atoms with Crippen molar-refractivity contribution >= 4 is 0 Å². The second kappa shape index (κ2) is 0.351. The van der Waals surface area contributed by atoms with Crippen LogP contribution in [0.1, 0.15) is 6.42 Å². The van der Waals surface area contributed by atoms with E-state index in [0.717, 1.165) is 11.8 Å². The van der Waals surface area contributed by atoms with Gasteiger partial charge in [-0.15, -0.1) is 0 Å². The van der Waals surface area contributed by atoms with E-state index in [0.29, 0.717) is 0 Å². The van der Waals surface area contributed by atoms with Crippen LogP contribution in [0.2, 0.25) is 0 Å². The van der Waals surface area contributed by atoms with Gasteiger partial charge >= 0.3 is 0 Å². The molecule has 0 aliphatic heterocycles. The number of allylic oxidation sites excluding steroid dienone is 2. The maximum Gasteiger partial charge on any atom is -0.00941 e. The zero-order valence-corrected chi connectivity index (χ0v) is 3.52. The van der Waals surface area contributed by atoms with Crippen LogP contribution >= 0.6 is 0 Å². The zero-order valence-electron chi connectivity index (χ0n) is 3.52. The highest BCUT2D eigenvalue weighted by molar-refractivity contribution is 5.50. The normalized spacial score (nSPS) is 66.7. The topological polar surface area (TPSA) is 0 Å². The molecule has 2 saturated carbocycles. The molecule has 2 fully saturated rings. The molecule has 4 aliphatic rings. The van der Waals surface area contributed by atoms with Gasteiger partial charge in [0.2, 0.25) is 0 Å². The molecule has 2 bridgehead atoms. The van der Waals surface area contributed by atoms with Gasteiger partial charge in [-0.25, -0.2) is 0 Å². The van der Waals surface area contributed by atoms with Crippen LogP contribution in [0, 0.1) is 17.8 Å². The van der Waals surface area contributed by atoms with Gasteiger partial charge in [0.15, 0.2) is 0 Å². The molecule has 0 radical (unpaired) electrons. The van der Waals surface area contributed by atoms with Gasteiger partial charge in [0.1, 0.15) is 0 Å². The first kappa shape index (κ1) is 2.15. The fraction of sp³-hybridized carbons (Fsp3) is 0.667. The lowest BCUT2D eigenvalue weighted by molar-refractivity contribution is 0.771. The molecule has 0 spiro atoms. The molecule has 2 unspecified atom stereocenters. The lowest BCUT2D eigenvalue weighted by Gasteiger charge is -1.81. The fourth-order valence-corrected chi connectivity index (χ4v) is 1.91. The van der Waals surface area contributed by atoms with Gasteiger partial charge in [-0.2, -0.15) is 0 Å². The van der Waals surface area contributed by atoms with Gasteiger partial charge in [-0.1, -0.05) is 11.6 Å². The third-order valence-electron chi connectivity index (χ3n) is 2.45. The molecule has 4 rings (SSSR count). The van der Waals surface area contributed by atoms with Crippen LogP contribution < -0.4 is 0 Å². The minimum atomic E-state index is 1.16. The summed E-state index contributed by atoms with van der Waals surface area (Å²) in [6.45, 7) is 0. The molecule has 4 aliphatic carbocycles. The van der Waals surface area contributed by atoms with Crippen molar-refractivity contribution in [3.63, 3.8) is 0 Å². The van der Waals surface area contributed by atoms with E-state index >= 15 is 0 Å². The van der Waals surface area contributed by atoms with Crippen molar-refractivity contribution in [3.8, 4) is 0 Å². The minimum absolute atomic E-state index is 1.16. The molecule has 0 nitrogen and oxygen atoms in total. The number of hydrogen-bond acceptors (Lipinski definition) is 0. The van der Waals surface area contributed by atoms with Crippen LogP contribution in [-0.2, 0) is 0 Å². The Morgan fingerprint density at radius 3 is 2.50 bits per heavy atom. The van der Waals surface area contributed by atoms with Crippen molar-refractivity contribution in [1.29, 1.82) is 0 Å². The van der Waals surface area contributed by atoms with Crippen LogP contribution in [0.15, 0.2) is 11.6 Å². The molecule has 6 heavy (non-hydrogen) atoms. The Hall–Kier alpha value is -0.260. The summed E-state index contributed by atoms with van der Waals surface area (Å²) in [7, 11) is 0. The predicted octanol–water partition coefficient (Wildman–Crippen LogP) is 1.19. The Kier molecular flexibility index (Phi) is 0.126. The standard InChI is InChI=1S/C6H6/c1-2-4-5-3(1)6(4)5/h1,4-6H,2H2. The maximum absolute atomic E-state index is 2.43. The Morgan fingerprint density at radius 2 is 2.33 bits per heavy atom. The van der Waals surface area contributed by atoms with E-state index in [9.17, 15) is 0 Å². The SMILES string of the molecule is C1=C2C3C(C1)C23. The maximum atomic E-state index is 2.43. The summed E-state index contributed by atoms with van der Waals surface area (Å²) in [5, 5.41) is 0. The summed E-state index contributed by atoms with van der Waals surface area (Å²) >= 11 is 0. The molecule has 2 atom stereocenters. The van der Waals surface area contributed by atoms with Crippen molar-refractivity contribution in [2.45, 2.75) is 6.42 Å². The summed E-state index contributed by atoms with van der Waals surface area (Å²) in [6.07, 6.45) is 3.87. The quantitative estimate of drug-likeness (QED) is 0.382. The molecule has 0 N–H and O–H groups in total. The van der Waals surface area contributed by atoms with Crippen molar-refractivity contribution in [2.24, 2.45) is 17.8 Å².